The van der Waals surface area contributed by atoms with E-state index in [1.807, 2.05) is 11.4 Å². The molecular formula is C19H17FN2O2S2. The third kappa shape index (κ3) is 4.62. The molecule has 0 aliphatic carbocycles. The van der Waals surface area contributed by atoms with Crippen molar-refractivity contribution in [3.05, 3.63) is 87.4 Å². The Hall–Kier alpha value is -2.38. The van der Waals surface area contributed by atoms with E-state index in [1.165, 1.54) is 17.4 Å². The summed E-state index contributed by atoms with van der Waals surface area (Å²) in [7, 11) is -0.978. The second kappa shape index (κ2) is 8.33. The summed E-state index contributed by atoms with van der Waals surface area (Å²) in [5.41, 5.74) is 1.81. The molecule has 0 bridgehead atoms. The SMILES string of the molecule is CS(=O)Cc1cccc(C(=O)N=c2sccn2Cc2ccccc2F)c1. The lowest BCUT2D eigenvalue weighted by Crippen LogP contribution is -2.17. The molecule has 0 aliphatic heterocycles. The minimum Gasteiger partial charge on any atom is -0.319 e. The zero-order chi connectivity index (χ0) is 18.5. The van der Waals surface area contributed by atoms with Gasteiger partial charge >= 0.3 is 0 Å². The van der Waals surface area contributed by atoms with Crippen molar-refractivity contribution < 1.29 is 13.4 Å². The molecule has 1 aromatic heterocycles. The maximum Gasteiger partial charge on any atom is 0.279 e. The fourth-order valence-corrected chi connectivity index (χ4v) is 3.87. The summed E-state index contributed by atoms with van der Waals surface area (Å²) >= 11 is 1.32. The second-order valence-corrected chi connectivity index (χ2v) is 8.05. The highest BCUT2D eigenvalue weighted by atomic mass is 32.2. The lowest BCUT2D eigenvalue weighted by molar-refractivity contribution is 0.0997. The second-order valence-electron chi connectivity index (χ2n) is 5.74. The Balaban J connectivity index is 1.87. The van der Waals surface area contributed by atoms with Crippen LogP contribution in [-0.4, -0.2) is 20.9 Å². The molecule has 0 radical (unpaired) electrons. The van der Waals surface area contributed by atoms with Crippen molar-refractivity contribution in [1.82, 2.24) is 4.57 Å². The van der Waals surface area contributed by atoms with Crippen LogP contribution < -0.4 is 4.80 Å². The molecule has 1 atom stereocenters. The lowest BCUT2D eigenvalue weighted by atomic mass is 10.1. The van der Waals surface area contributed by atoms with E-state index in [1.54, 1.807) is 53.4 Å². The Morgan fingerprint density at radius 2 is 2.04 bits per heavy atom. The number of halogens is 1. The molecule has 3 rings (SSSR count). The van der Waals surface area contributed by atoms with Crippen LogP contribution in [-0.2, 0) is 23.1 Å². The van der Waals surface area contributed by atoms with Crippen molar-refractivity contribution in [3.63, 3.8) is 0 Å². The first kappa shape index (κ1) is 18.4. The molecule has 2 aromatic carbocycles. The number of amides is 1. The molecule has 1 heterocycles. The monoisotopic (exact) mass is 388 g/mol. The van der Waals surface area contributed by atoms with Crippen molar-refractivity contribution in [2.24, 2.45) is 4.99 Å². The maximum absolute atomic E-state index is 13.9. The van der Waals surface area contributed by atoms with E-state index in [9.17, 15) is 13.4 Å². The summed E-state index contributed by atoms with van der Waals surface area (Å²) < 4.78 is 27.0. The Morgan fingerprint density at radius 1 is 1.23 bits per heavy atom. The number of nitrogens with zero attached hydrogens (tertiary/aromatic N) is 2. The normalized spacial score (nSPS) is 12.9. The molecule has 0 spiro atoms. The number of carbonyl (C=O) groups excluding carboxylic acids is 1. The van der Waals surface area contributed by atoms with E-state index in [-0.39, 0.29) is 11.7 Å². The van der Waals surface area contributed by atoms with E-state index in [0.717, 1.165) is 5.56 Å². The summed E-state index contributed by atoms with van der Waals surface area (Å²) in [6, 6.07) is 13.5. The van der Waals surface area contributed by atoms with Gasteiger partial charge in [0.2, 0.25) is 0 Å². The molecule has 0 N–H and O–H groups in total. The van der Waals surface area contributed by atoms with Gasteiger partial charge in [-0.15, -0.1) is 11.3 Å². The Morgan fingerprint density at radius 3 is 2.81 bits per heavy atom. The number of hydrogen-bond acceptors (Lipinski definition) is 3. The van der Waals surface area contributed by atoms with Crippen molar-refractivity contribution >= 4 is 28.0 Å². The lowest BCUT2D eigenvalue weighted by Gasteiger charge is -2.04. The number of thiazole rings is 1. The summed E-state index contributed by atoms with van der Waals surface area (Å²) in [5, 5.41) is 1.81. The number of rotatable bonds is 5. The summed E-state index contributed by atoms with van der Waals surface area (Å²) in [6.07, 6.45) is 3.40. The average molecular weight is 388 g/mol. The average Bonchev–Trinajstić information content (AvgIpc) is 3.03. The van der Waals surface area contributed by atoms with E-state index < -0.39 is 10.8 Å². The van der Waals surface area contributed by atoms with Gasteiger partial charge in [-0.3, -0.25) is 9.00 Å². The van der Waals surface area contributed by atoms with Crippen molar-refractivity contribution in [2.75, 3.05) is 6.26 Å². The summed E-state index contributed by atoms with van der Waals surface area (Å²) in [6.45, 7) is 0.303. The highest BCUT2D eigenvalue weighted by molar-refractivity contribution is 7.83. The molecule has 0 fully saturated rings. The molecule has 3 aromatic rings. The third-order valence-electron chi connectivity index (χ3n) is 3.70. The van der Waals surface area contributed by atoms with Gasteiger partial charge in [0.25, 0.3) is 5.91 Å². The minimum absolute atomic E-state index is 0.288. The maximum atomic E-state index is 13.9. The highest BCUT2D eigenvalue weighted by Gasteiger charge is 2.08. The molecule has 4 nitrogen and oxygen atoms in total. The fraction of sp³-hybridized carbons (Fsp3) is 0.158. The van der Waals surface area contributed by atoms with Crippen molar-refractivity contribution in [2.45, 2.75) is 12.3 Å². The molecule has 0 saturated heterocycles. The molecule has 0 aliphatic rings. The first-order chi connectivity index (χ1) is 12.5. The van der Waals surface area contributed by atoms with Crippen LogP contribution in [0.15, 0.2) is 65.1 Å². The number of carbonyl (C=O) groups is 1. The predicted octanol–water partition coefficient (Wildman–Crippen LogP) is 3.36. The van der Waals surface area contributed by atoms with Crippen LogP contribution in [0.4, 0.5) is 4.39 Å². The van der Waals surface area contributed by atoms with Gasteiger partial charge in [-0.2, -0.15) is 4.99 Å². The highest BCUT2D eigenvalue weighted by Crippen LogP contribution is 2.10. The summed E-state index contributed by atoms with van der Waals surface area (Å²) in [4.78, 5) is 17.2. The number of aromatic nitrogens is 1. The molecule has 1 amide bonds. The Labute approximate surface area is 157 Å². The van der Waals surface area contributed by atoms with E-state index in [0.29, 0.717) is 28.2 Å². The van der Waals surface area contributed by atoms with Gasteiger partial charge in [0.1, 0.15) is 5.82 Å². The van der Waals surface area contributed by atoms with Crippen LogP contribution in [0.3, 0.4) is 0 Å². The molecule has 7 heteroatoms. The first-order valence-electron chi connectivity index (χ1n) is 7.88. The molecule has 0 saturated carbocycles. The zero-order valence-corrected chi connectivity index (χ0v) is 15.7. The standard InChI is InChI=1S/C19H17FN2O2S2/c1-26(24)13-14-5-4-7-15(11-14)18(23)21-19-22(9-10-25-19)12-16-6-2-3-8-17(16)20/h2-11H,12-13H2,1H3. The minimum atomic E-state index is -0.978. The largest absolute Gasteiger partial charge is 0.319 e. The van der Waals surface area contributed by atoms with E-state index in [2.05, 4.69) is 4.99 Å². The Bertz CT molecular complexity index is 1020. The van der Waals surface area contributed by atoms with Crippen LogP contribution >= 0.6 is 11.3 Å². The smallest absolute Gasteiger partial charge is 0.279 e. The van der Waals surface area contributed by atoms with Crippen LogP contribution in [0, 0.1) is 5.82 Å². The Kier molecular flexibility index (Phi) is 5.90. The third-order valence-corrected chi connectivity index (χ3v) is 5.23. The fourth-order valence-electron chi connectivity index (χ4n) is 2.50. The van der Waals surface area contributed by atoms with Gasteiger partial charge in [-0.05, 0) is 23.8 Å². The molecule has 134 valence electrons. The van der Waals surface area contributed by atoms with Crippen LogP contribution in [0.1, 0.15) is 21.5 Å². The quantitative estimate of drug-likeness (QED) is 0.673. The van der Waals surface area contributed by atoms with Crippen LogP contribution in [0.5, 0.6) is 0 Å². The topological polar surface area (TPSA) is 51.4 Å². The van der Waals surface area contributed by atoms with Gasteiger partial charge in [0.15, 0.2) is 4.80 Å². The number of benzene rings is 2. The van der Waals surface area contributed by atoms with Gasteiger partial charge in [-0.25, -0.2) is 4.39 Å². The number of hydrogen-bond donors (Lipinski definition) is 0. The van der Waals surface area contributed by atoms with Crippen LogP contribution in [0.2, 0.25) is 0 Å². The van der Waals surface area contributed by atoms with Crippen molar-refractivity contribution in [3.8, 4) is 0 Å². The van der Waals surface area contributed by atoms with Gasteiger partial charge in [0, 0.05) is 45.5 Å². The van der Waals surface area contributed by atoms with E-state index in [4.69, 9.17) is 0 Å². The van der Waals surface area contributed by atoms with Crippen LogP contribution in [0.25, 0.3) is 0 Å². The van der Waals surface area contributed by atoms with Crippen molar-refractivity contribution in [1.29, 1.82) is 0 Å². The molecule has 1 unspecified atom stereocenters. The summed E-state index contributed by atoms with van der Waals surface area (Å²) in [5.74, 6) is -0.268. The van der Waals surface area contributed by atoms with Gasteiger partial charge in [-0.1, -0.05) is 30.3 Å². The molecular weight excluding hydrogens is 371 g/mol. The molecule has 26 heavy (non-hydrogen) atoms. The van der Waals surface area contributed by atoms with E-state index >= 15 is 0 Å². The predicted molar refractivity (Wildman–Crippen MR) is 102 cm³/mol. The van der Waals surface area contributed by atoms with Gasteiger partial charge < -0.3 is 4.57 Å². The van der Waals surface area contributed by atoms with Gasteiger partial charge in [0.05, 0.1) is 6.54 Å². The zero-order valence-electron chi connectivity index (χ0n) is 14.1. The first-order valence-corrected chi connectivity index (χ1v) is 10.5.